The Hall–Kier alpha value is -3.79. The van der Waals surface area contributed by atoms with Crippen LogP contribution in [0.3, 0.4) is 0 Å². The van der Waals surface area contributed by atoms with Crippen molar-refractivity contribution < 1.29 is 19.1 Å². The number of ether oxygens (including phenoxy) is 2. The molecule has 1 atom stereocenters. The van der Waals surface area contributed by atoms with Crippen LogP contribution >= 0.6 is 35.0 Å². The second-order valence-electron chi connectivity index (χ2n) is 9.38. The minimum atomic E-state index is -1.02. The van der Waals surface area contributed by atoms with Crippen molar-refractivity contribution in [1.29, 1.82) is 0 Å². The molecule has 3 aromatic carbocycles. The summed E-state index contributed by atoms with van der Waals surface area (Å²) in [5.41, 5.74) is 3.43. The van der Waals surface area contributed by atoms with Crippen LogP contribution in [0.5, 0.6) is 11.5 Å². The van der Waals surface area contributed by atoms with E-state index in [0.29, 0.717) is 38.0 Å². The number of aryl methyl sites for hydroxylation is 2. The molecule has 8 nitrogen and oxygen atoms in total. The summed E-state index contributed by atoms with van der Waals surface area (Å²) < 4.78 is 10.8. The van der Waals surface area contributed by atoms with Gasteiger partial charge in [-0.3, -0.25) is 9.59 Å². The first-order valence-corrected chi connectivity index (χ1v) is 14.7. The molecule has 218 valence electrons. The van der Waals surface area contributed by atoms with E-state index in [4.69, 9.17) is 32.7 Å². The Morgan fingerprint density at radius 2 is 1.50 bits per heavy atom. The van der Waals surface area contributed by atoms with E-state index in [1.165, 1.54) is 23.8 Å². The van der Waals surface area contributed by atoms with Gasteiger partial charge in [0.15, 0.2) is 5.16 Å². The molecule has 0 fully saturated rings. The van der Waals surface area contributed by atoms with E-state index in [0.717, 1.165) is 17.0 Å². The monoisotopic (exact) mass is 624 g/mol. The number of methoxy groups -OCH3 is 2. The lowest BCUT2D eigenvalue weighted by atomic mass is 10.0. The van der Waals surface area contributed by atoms with Crippen molar-refractivity contribution in [3.8, 4) is 11.5 Å². The number of halogens is 2. The normalized spacial score (nSPS) is 11.5. The van der Waals surface area contributed by atoms with Gasteiger partial charge in [0.05, 0.1) is 25.7 Å². The first-order chi connectivity index (χ1) is 20.2. The first kappa shape index (κ1) is 31.2. The number of nitrogens with zero attached hydrogens (tertiary/aromatic N) is 3. The number of carbonyl (C=O) groups is 2. The molecule has 0 radical (unpaired) electrons. The van der Waals surface area contributed by atoms with Gasteiger partial charge in [0, 0.05) is 34.0 Å². The minimum Gasteiger partial charge on any atom is -0.497 e. The third-order valence-corrected chi connectivity index (χ3v) is 7.62. The topological polar surface area (TPSA) is 93.7 Å². The van der Waals surface area contributed by atoms with Crippen LogP contribution in [0.25, 0.3) is 0 Å². The third kappa shape index (κ3) is 8.15. The molecule has 1 heterocycles. The van der Waals surface area contributed by atoms with E-state index in [2.05, 4.69) is 15.3 Å². The van der Waals surface area contributed by atoms with Crippen LogP contribution in [0.15, 0.2) is 78.0 Å². The molecule has 4 rings (SSSR count). The first-order valence-electron chi connectivity index (χ1n) is 12.9. The Balaban J connectivity index is 1.72. The molecule has 1 aromatic heterocycles. The van der Waals surface area contributed by atoms with Gasteiger partial charge in [-0.15, -0.1) is 0 Å². The van der Waals surface area contributed by atoms with Crippen LogP contribution < -0.4 is 14.8 Å². The molecular formula is C31H30Cl2N4O4S. The van der Waals surface area contributed by atoms with E-state index >= 15 is 0 Å². The summed E-state index contributed by atoms with van der Waals surface area (Å²) in [6.45, 7) is 3.90. The lowest BCUT2D eigenvalue weighted by Gasteiger charge is -2.32. The van der Waals surface area contributed by atoms with Gasteiger partial charge in [-0.25, -0.2) is 9.97 Å². The van der Waals surface area contributed by atoms with E-state index in [1.54, 1.807) is 61.7 Å². The number of hydrogen-bond acceptors (Lipinski definition) is 7. The number of carbonyl (C=O) groups excluding carboxylic acids is 2. The smallest absolute Gasteiger partial charge is 0.251 e. The van der Waals surface area contributed by atoms with Gasteiger partial charge >= 0.3 is 0 Å². The van der Waals surface area contributed by atoms with Crippen molar-refractivity contribution in [2.45, 2.75) is 31.6 Å². The molecule has 0 spiro atoms. The van der Waals surface area contributed by atoms with E-state index < -0.39 is 11.9 Å². The third-order valence-electron chi connectivity index (χ3n) is 6.29. The second kappa shape index (κ2) is 14.4. The largest absolute Gasteiger partial charge is 0.497 e. The summed E-state index contributed by atoms with van der Waals surface area (Å²) in [6, 6.07) is 19.9. The second-order valence-corrected chi connectivity index (χ2v) is 11.2. The standard InChI is InChI=1S/C31H30Cl2N4O4S/c1-19-15-20(2)35-31(34-19)42-18-28(38)37(17-21-5-9-23(32)10-6-21)29(22-7-11-24(33)12-8-22)30(39)36-26-14-13-25(40-3)16-27(26)41-4/h5-16,29H,17-18H2,1-4H3,(H,36,39). The Bertz CT molecular complexity index is 1530. The number of hydrogen-bond donors (Lipinski definition) is 1. The van der Waals surface area contributed by atoms with Gasteiger partial charge < -0.3 is 19.7 Å². The summed E-state index contributed by atoms with van der Waals surface area (Å²) in [4.78, 5) is 38.5. The molecule has 2 amide bonds. The number of aromatic nitrogens is 2. The molecule has 42 heavy (non-hydrogen) atoms. The number of rotatable bonds is 11. The van der Waals surface area contributed by atoms with Crippen LogP contribution in [0, 0.1) is 13.8 Å². The number of nitrogens with one attached hydrogen (secondary N) is 1. The van der Waals surface area contributed by atoms with Crippen LogP contribution in [0.2, 0.25) is 10.0 Å². The predicted molar refractivity (Wildman–Crippen MR) is 167 cm³/mol. The highest BCUT2D eigenvalue weighted by atomic mass is 35.5. The summed E-state index contributed by atoms with van der Waals surface area (Å²) >= 11 is 13.5. The van der Waals surface area contributed by atoms with Gasteiger partial charge in [-0.1, -0.05) is 59.2 Å². The maximum atomic E-state index is 14.1. The molecule has 0 saturated carbocycles. The molecule has 1 unspecified atom stereocenters. The Labute approximate surface area is 259 Å². The number of amides is 2. The predicted octanol–water partition coefficient (Wildman–Crippen LogP) is 6.92. The van der Waals surface area contributed by atoms with Crippen LogP contribution in [-0.4, -0.2) is 46.7 Å². The van der Waals surface area contributed by atoms with E-state index in [9.17, 15) is 9.59 Å². The van der Waals surface area contributed by atoms with Crippen LogP contribution in [0.1, 0.15) is 28.6 Å². The Morgan fingerprint density at radius 1 is 0.881 bits per heavy atom. The van der Waals surface area contributed by atoms with Crippen molar-refractivity contribution >= 4 is 52.5 Å². The highest BCUT2D eigenvalue weighted by Crippen LogP contribution is 2.32. The van der Waals surface area contributed by atoms with Crippen molar-refractivity contribution in [2.24, 2.45) is 0 Å². The molecule has 0 aliphatic carbocycles. The maximum absolute atomic E-state index is 14.1. The fraction of sp³-hybridized carbons (Fsp3) is 0.226. The molecule has 1 N–H and O–H groups in total. The van der Waals surface area contributed by atoms with Crippen LogP contribution in [0.4, 0.5) is 5.69 Å². The fourth-order valence-electron chi connectivity index (χ4n) is 4.30. The van der Waals surface area contributed by atoms with Gasteiger partial charge in [0.25, 0.3) is 5.91 Å². The lowest BCUT2D eigenvalue weighted by Crippen LogP contribution is -2.41. The molecule has 4 aromatic rings. The van der Waals surface area contributed by atoms with Crippen molar-refractivity contribution in [1.82, 2.24) is 14.9 Å². The number of benzene rings is 3. The van der Waals surface area contributed by atoms with Crippen molar-refractivity contribution in [3.05, 3.63) is 105 Å². The Morgan fingerprint density at radius 3 is 2.10 bits per heavy atom. The zero-order valence-electron chi connectivity index (χ0n) is 23.6. The van der Waals surface area contributed by atoms with Gasteiger partial charge in [0.2, 0.25) is 5.91 Å². The van der Waals surface area contributed by atoms with Crippen LogP contribution in [-0.2, 0) is 16.1 Å². The molecule has 0 saturated heterocycles. The average Bonchev–Trinajstić information content (AvgIpc) is 2.97. The number of thioether (sulfide) groups is 1. The average molecular weight is 626 g/mol. The molecular weight excluding hydrogens is 595 g/mol. The zero-order chi connectivity index (χ0) is 30.2. The summed E-state index contributed by atoms with van der Waals surface area (Å²) in [7, 11) is 3.05. The summed E-state index contributed by atoms with van der Waals surface area (Å²) in [5, 5.41) is 4.51. The van der Waals surface area contributed by atoms with Crippen molar-refractivity contribution in [2.75, 3.05) is 25.3 Å². The zero-order valence-corrected chi connectivity index (χ0v) is 25.9. The maximum Gasteiger partial charge on any atom is 0.251 e. The molecule has 0 aliphatic rings. The molecule has 11 heteroatoms. The summed E-state index contributed by atoms with van der Waals surface area (Å²) in [5.74, 6) is 0.282. The number of anilines is 1. The molecule has 0 aliphatic heterocycles. The Kier molecular flexibility index (Phi) is 10.7. The van der Waals surface area contributed by atoms with Crippen molar-refractivity contribution in [3.63, 3.8) is 0 Å². The quantitative estimate of drug-likeness (QED) is 0.143. The van der Waals surface area contributed by atoms with E-state index in [-0.39, 0.29) is 18.2 Å². The highest BCUT2D eigenvalue weighted by molar-refractivity contribution is 7.99. The van der Waals surface area contributed by atoms with Gasteiger partial charge in [0.1, 0.15) is 17.5 Å². The lowest BCUT2D eigenvalue weighted by molar-refractivity contribution is -0.137. The SMILES string of the molecule is COc1ccc(NC(=O)C(c2ccc(Cl)cc2)N(Cc2ccc(Cl)cc2)C(=O)CSc2nc(C)cc(C)n2)c(OC)c1. The fourth-order valence-corrected chi connectivity index (χ4v) is 5.39. The van der Waals surface area contributed by atoms with Gasteiger partial charge in [-0.2, -0.15) is 0 Å². The highest BCUT2D eigenvalue weighted by Gasteiger charge is 2.32. The van der Waals surface area contributed by atoms with Gasteiger partial charge in [-0.05, 0) is 67.4 Å². The van der Waals surface area contributed by atoms with E-state index in [1.807, 2.05) is 32.0 Å². The molecule has 0 bridgehead atoms. The summed E-state index contributed by atoms with van der Waals surface area (Å²) in [6.07, 6.45) is 0. The minimum absolute atomic E-state index is 0.0136.